The average molecular weight is 406 g/mol. The van der Waals surface area contributed by atoms with Crippen LogP contribution in [0, 0.1) is 26.2 Å². The van der Waals surface area contributed by atoms with E-state index >= 15 is 0 Å². The zero-order chi connectivity index (χ0) is 19.4. The summed E-state index contributed by atoms with van der Waals surface area (Å²) in [5.41, 5.74) is 7.95. The number of carbonyl (C=O) groups excluding carboxylic acids is 1. The molecule has 0 bridgehead atoms. The van der Waals surface area contributed by atoms with Gasteiger partial charge in [0.2, 0.25) is 15.9 Å². The van der Waals surface area contributed by atoms with Crippen LogP contribution in [0.5, 0.6) is 0 Å². The molecule has 3 N–H and O–H groups in total. The smallest absolute Gasteiger partial charge is 0.241 e. The summed E-state index contributed by atoms with van der Waals surface area (Å²) < 4.78 is 27.7. The van der Waals surface area contributed by atoms with Gasteiger partial charge in [0.1, 0.15) is 0 Å². The molecule has 8 heteroatoms. The number of sulfonamides is 1. The minimum absolute atomic E-state index is 0. The summed E-state index contributed by atoms with van der Waals surface area (Å²) >= 11 is 0. The van der Waals surface area contributed by atoms with Crippen molar-refractivity contribution < 1.29 is 13.2 Å². The van der Waals surface area contributed by atoms with Crippen molar-refractivity contribution in [1.29, 1.82) is 0 Å². The number of nitrogens with zero attached hydrogens (tertiary/aromatic N) is 1. The lowest BCUT2D eigenvalue weighted by molar-refractivity contribution is -0.130. The van der Waals surface area contributed by atoms with Crippen molar-refractivity contribution in [2.24, 2.45) is 11.1 Å². The summed E-state index contributed by atoms with van der Waals surface area (Å²) in [7, 11) is -1.93. The second kappa shape index (κ2) is 9.69. The molecule has 1 aromatic rings. The molecule has 0 radical (unpaired) electrons. The van der Waals surface area contributed by atoms with Crippen LogP contribution in [0.3, 0.4) is 0 Å². The molecular weight excluding hydrogens is 374 g/mol. The molecule has 0 saturated carbocycles. The van der Waals surface area contributed by atoms with E-state index in [0.29, 0.717) is 29.1 Å². The topological polar surface area (TPSA) is 92.5 Å². The zero-order valence-corrected chi connectivity index (χ0v) is 18.2. The summed E-state index contributed by atoms with van der Waals surface area (Å²) in [5.74, 6) is -0.110. The molecule has 150 valence electrons. The van der Waals surface area contributed by atoms with Crippen molar-refractivity contribution in [2.75, 3.05) is 26.7 Å². The van der Waals surface area contributed by atoms with Crippen molar-refractivity contribution >= 4 is 28.3 Å². The quantitative estimate of drug-likeness (QED) is 0.693. The van der Waals surface area contributed by atoms with Crippen LogP contribution in [-0.2, 0) is 14.8 Å². The highest BCUT2D eigenvalue weighted by Gasteiger charge is 2.23. The average Bonchev–Trinajstić information content (AvgIpc) is 2.44. The maximum absolute atomic E-state index is 12.6. The van der Waals surface area contributed by atoms with E-state index in [-0.39, 0.29) is 36.7 Å². The molecule has 26 heavy (non-hydrogen) atoms. The number of carbonyl (C=O) groups is 1. The fourth-order valence-electron chi connectivity index (χ4n) is 2.94. The highest BCUT2D eigenvalue weighted by Crippen LogP contribution is 2.21. The third-order valence-corrected chi connectivity index (χ3v) is 5.91. The van der Waals surface area contributed by atoms with Gasteiger partial charge >= 0.3 is 0 Å². The number of amides is 1. The number of hydrogen-bond acceptors (Lipinski definition) is 4. The molecule has 0 heterocycles. The maximum atomic E-state index is 12.6. The molecule has 6 nitrogen and oxygen atoms in total. The summed E-state index contributed by atoms with van der Waals surface area (Å²) in [6.07, 6.45) is 0.111. The molecule has 0 unspecified atom stereocenters. The second-order valence-electron chi connectivity index (χ2n) is 7.49. The van der Waals surface area contributed by atoms with Crippen LogP contribution >= 0.6 is 12.4 Å². The van der Waals surface area contributed by atoms with Crippen molar-refractivity contribution in [2.45, 2.75) is 45.9 Å². The lowest BCUT2D eigenvalue weighted by Gasteiger charge is -2.29. The Balaban J connectivity index is 0.00000625. The number of hydrogen-bond donors (Lipinski definition) is 2. The van der Waals surface area contributed by atoms with Crippen molar-refractivity contribution in [3.05, 3.63) is 28.8 Å². The number of aryl methyl sites for hydroxylation is 3. The number of nitrogens with two attached hydrogens (primary N) is 1. The Morgan fingerprint density at radius 3 is 2.15 bits per heavy atom. The van der Waals surface area contributed by atoms with Crippen molar-refractivity contribution in [3.8, 4) is 0 Å². The Hall–Kier alpha value is -1.15. The molecule has 1 aromatic carbocycles. The van der Waals surface area contributed by atoms with E-state index in [1.165, 1.54) is 0 Å². The van der Waals surface area contributed by atoms with Gasteiger partial charge in [-0.15, -0.1) is 12.4 Å². The van der Waals surface area contributed by atoms with Gasteiger partial charge in [0.25, 0.3) is 0 Å². The lowest BCUT2D eigenvalue weighted by Crippen LogP contribution is -2.40. The molecule has 0 spiro atoms. The predicted molar refractivity (Wildman–Crippen MR) is 108 cm³/mol. The van der Waals surface area contributed by atoms with Gasteiger partial charge in [-0.3, -0.25) is 4.79 Å². The van der Waals surface area contributed by atoms with E-state index < -0.39 is 10.0 Å². The van der Waals surface area contributed by atoms with Crippen LogP contribution in [0.2, 0.25) is 0 Å². The van der Waals surface area contributed by atoms with E-state index in [2.05, 4.69) is 4.72 Å². The first-order valence-electron chi connectivity index (χ1n) is 8.41. The molecule has 0 fully saturated rings. The van der Waals surface area contributed by atoms with Crippen LogP contribution in [0.15, 0.2) is 17.0 Å². The van der Waals surface area contributed by atoms with E-state index in [4.69, 9.17) is 5.73 Å². The first-order valence-corrected chi connectivity index (χ1v) is 9.89. The zero-order valence-electron chi connectivity index (χ0n) is 16.5. The SMILES string of the molecule is Cc1cc(C)c(S(=O)(=O)NCCC(=O)N(C)CC(C)(C)CN)c(C)c1.Cl. The Kier molecular flexibility index (Phi) is 9.26. The minimum atomic E-state index is -3.64. The van der Waals surface area contributed by atoms with Gasteiger partial charge in [0.15, 0.2) is 0 Å². The summed E-state index contributed by atoms with van der Waals surface area (Å²) in [5, 5.41) is 0. The van der Waals surface area contributed by atoms with Crippen LogP contribution in [0.4, 0.5) is 0 Å². The number of halogens is 1. The van der Waals surface area contributed by atoms with Crippen LogP contribution in [0.1, 0.15) is 37.0 Å². The normalized spacial score (nSPS) is 11.8. The highest BCUT2D eigenvalue weighted by atomic mass is 35.5. The van der Waals surface area contributed by atoms with Crippen molar-refractivity contribution in [1.82, 2.24) is 9.62 Å². The molecule has 0 saturated heterocycles. The van der Waals surface area contributed by atoms with Gasteiger partial charge in [-0.25, -0.2) is 13.1 Å². The number of benzene rings is 1. The van der Waals surface area contributed by atoms with Gasteiger partial charge in [-0.05, 0) is 43.9 Å². The molecule has 0 aliphatic carbocycles. The van der Waals surface area contributed by atoms with E-state index in [0.717, 1.165) is 5.56 Å². The second-order valence-corrected chi connectivity index (χ2v) is 9.20. The fraction of sp³-hybridized carbons (Fsp3) is 0.611. The first kappa shape index (κ1) is 24.8. The van der Waals surface area contributed by atoms with E-state index in [1.807, 2.05) is 32.9 Å². The molecule has 0 atom stereocenters. The van der Waals surface area contributed by atoms with Crippen LogP contribution in [0.25, 0.3) is 0 Å². The standard InChI is InChI=1S/C18H31N3O3S.ClH/c1-13-9-14(2)17(15(3)10-13)25(23,24)20-8-7-16(22)21(6)12-18(4,5)11-19;/h9-10,20H,7-8,11-12,19H2,1-6H3;1H. The Morgan fingerprint density at radius 1 is 1.19 bits per heavy atom. The molecular formula is C18H32ClN3O3S. The fourth-order valence-corrected chi connectivity index (χ4v) is 4.42. The Labute approximate surface area is 164 Å². The largest absolute Gasteiger partial charge is 0.345 e. The summed E-state index contributed by atoms with van der Waals surface area (Å²) in [6, 6.07) is 3.69. The first-order chi connectivity index (χ1) is 11.4. The third kappa shape index (κ3) is 6.87. The monoisotopic (exact) mass is 405 g/mol. The number of rotatable bonds is 8. The number of nitrogens with one attached hydrogen (secondary N) is 1. The molecule has 0 aromatic heterocycles. The Bertz CT molecular complexity index is 710. The lowest BCUT2D eigenvalue weighted by atomic mass is 9.93. The highest BCUT2D eigenvalue weighted by molar-refractivity contribution is 7.89. The maximum Gasteiger partial charge on any atom is 0.241 e. The summed E-state index contributed by atoms with van der Waals surface area (Å²) in [4.78, 5) is 14.1. The molecule has 1 amide bonds. The Morgan fingerprint density at radius 2 is 1.69 bits per heavy atom. The minimum Gasteiger partial charge on any atom is -0.345 e. The molecule has 0 aliphatic heterocycles. The van der Waals surface area contributed by atoms with Crippen LogP contribution in [-0.4, -0.2) is 45.9 Å². The van der Waals surface area contributed by atoms with Gasteiger partial charge in [0.05, 0.1) is 4.90 Å². The van der Waals surface area contributed by atoms with Crippen molar-refractivity contribution in [3.63, 3.8) is 0 Å². The molecule has 0 aliphatic rings. The third-order valence-electron chi connectivity index (χ3n) is 4.15. The van der Waals surface area contributed by atoms with Gasteiger partial charge in [-0.1, -0.05) is 31.5 Å². The van der Waals surface area contributed by atoms with Gasteiger partial charge in [-0.2, -0.15) is 0 Å². The van der Waals surface area contributed by atoms with Crippen LogP contribution < -0.4 is 10.5 Å². The van der Waals surface area contributed by atoms with Gasteiger partial charge in [0, 0.05) is 26.6 Å². The van der Waals surface area contributed by atoms with E-state index in [9.17, 15) is 13.2 Å². The predicted octanol–water partition coefficient (Wildman–Crippen LogP) is 2.15. The van der Waals surface area contributed by atoms with E-state index in [1.54, 1.807) is 25.8 Å². The summed E-state index contributed by atoms with van der Waals surface area (Å²) in [6.45, 7) is 10.5. The van der Waals surface area contributed by atoms with Gasteiger partial charge < -0.3 is 10.6 Å². The molecule has 1 rings (SSSR count).